The number of hydrogen-bond donors (Lipinski definition) is 1. The number of sulfonamides is 1. The van der Waals surface area contributed by atoms with Crippen molar-refractivity contribution < 1.29 is 17.6 Å². The van der Waals surface area contributed by atoms with Gasteiger partial charge in [-0.25, -0.2) is 8.42 Å². The highest BCUT2D eigenvalue weighted by atomic mass is 32.2. The lowest BCUT2D eigenvalue weighted by atomic mass is 10.1. The van der Waals surface area contributed by atoms with Crippen LogP contribution in [-0.2, 0) is 23.0 Å². The van der Waals surface area contributed by atoms with Gasteiger partial charge in [-0.2, -0.15) is 4.31 Å². The molecule has 1 fully saturated rings. The summed E-state index contributed by atoms with van der Waals surface area (Å²) in [5, 5.41) is 5.01. The van der Waals surface area contributed by atoms with Crippen molar-refractivity contribution in [1.82, 2.24) is 14.5 Å². The molecule has 1 unspecified atom stereocenters. The Balaban J connectivity index is 1.29. The van der Waals surface area contributed by atoms with Crippen LogP contribution in [0.5, 0.6) is 0 Å². The normalized spacial score (nSPS) is 18.4. The number of nitrogens with one attached hydrogen (secondary N) is 1. The summed E-state index contributed by atoms with van der Waals surface area (Å²) in [4.78, 5) is 16.8. The Hall–Kier alpha value is -2.46. The molecule has 1 amide bonds. The molecule has 4 heterocycles. The maximum atomic E-state index is 13.3. The topological polar surface area (TPSA) is 82.9 Å². The van der Waals surface area contributed by atoms with Crippen LogP contribution >= 0.6 is 11.3 Å². The van der Waals surface area contributed by atoms with Crippen LogP contribution in [0.4, 0.5) is 0 Å². The van der Waals surface area contributed by atoms with Crippen LogP contribution in [0.2, 0.25) is 0 Å². The summed E-state index contributed by atoms with van der Waals surface area (Å²) in [6.45, 7) is 3.16. The maximum absolute atomic E-state index is 13.3. The third kappa shape index (κ3) is 4.84. The van der Waals surface area contributed by atoms with E-state index in [0.29, 0.717) is 25.2 Å². The minimum atomic E-state index is -3.69. The third-order valence-electron chi connectivity index (χ3n) is 6.67. The molecular weight excluding hydrogens is 470 g/mol. The van der Waals surface area contributed by atoms with E-state index < -0.39 is 10.0 Å². The number of rotatable bonds is 7. The number of fused-ring (bicyclic) bond motifs is 1. The van der Waals surface area contributed by atoms with Gasteiger partial charge in [0.2, 0.25) is 10.0 Å². The van der Waals surface area contributed by atoms with Crippen LogP contribution in [0.3, 0.4) is 0 Å². The van der Waals surface area contributed by atoms with E-state index in [9.17, 15) is 13.2 Å². The van der Waals surface area contributed by atoms with Gasteiger partial charge in [0.1, 0.15) is 5.76 Å². The predicted molar refractivity (Wildman–Crippen MR) is 131 cm³/mol. The van der Waals surface area contributed by atoms with E-state index >= 15 is 0 Å². The molecule has 2 aliphatic heterocycles. The molecule has 1 N–H and O–H groups in total. The molecule has 0 radical (unpaired) electrons. The second-order valence-corrected chi connectivity index (χ2v) is 11.8. The van der Waals surface area contributed by atoms with Gasteiger partial charge in [-0.3, -0.25) is 9.69 Å². The Labute approximate surface area is 204 Å². The van der Waals surface area contributed by atoms with E-state index in [1.807, 2.05) is 23.6 Å². The fraction of sp³-hybridized carbons (Fsp3) is 0.400. The van der Waals surface area contributed by atoms with E-state index in [4.69, 9.17) is 4.42 Å². The number of nitrogens with zero attached hydrogens (tertiary/aromatic N) is 2. The van der Waals surface area contributed by atoms with Crippen molar-refractivity contribution in [3.05, 3.63) is 75.9 Å². The van der Waals surface area contributed by atoms with Crippen LogP contribution in [0.1, 0.15) is 51.9 Å². The van der Waals surface area contributed by atoms with Crippen molar-refractivity contribution in [1.29, 1.82) is 0 Å². The average Bonchev–Trinajstić information content (AvgIpc) is 3.57. The second kappa shape index (κ2) is 10.0. The molecule has 9 heteroatoms. The number of carbonyl (C=O) groups excluding carboxylic acids is 1. The largest absolute Gasteiger partial charge is 0.468 e. The van der Waals surface area contributed by atoms with E-state index in [1.165, 1.54) is 21.7 Å². The zero-order valence-corrected chi connectivity index (χ0v) is 20.6. The highest BCUT2D eigenvalue weighted by molar-refractivity contribution is 7.89. The zero-order valence-electron chi connectivity index (χ0n) is 19.0. The van der Waals surface area contributed by atoms with Crippen molar-refractivity contribution in [3.63, 3.8) is 0 Å². The lowest BCUT2D eigenvalue weighted by molar-refractivity contribution is 0.0914. The van der Waals surface area contributed by atoms with Crippen LogP contribution in [-0.4, -0.2) is 49.7 Å². The van der Waals surface area contributed by atoms with Gasteiger partial charge in [0, 0.05) is 30.1 Å². The van der Waals surface area contributed by atoms with Crippen molar-refractivity contribution in [3.8, 4) is 0 Å². The first-order valence-corrected chi connectivity index (χ1v) is 14.1. The van der Waals surface area contributed by atoms with E-state index in [1.54, 1.807) is 35.8 Å². The second-order valence-electron chi connectivity index (χ2n) is 8.82. The zero-order chi connectivity index (χ0) is 23.5. The number of piperidine rings is 1. The summed E-state index contributed by atoms with van der Waals surface area (Å²) < 4.78 is 33.8. The van der Waals surface area contributed by atoms with Gasteiger partial charge >= 0.3 is 0 Å². The molecule has 0 aliphatic carbocycles. The first-order valence-electron chi connectivity index (χ1n) is 11.7. The Kier molecular flexibility index (Phi) is 6.87. The van der Waals surface area contributed by atoms with Gasteiger partial charge < -0.3 is 9.73 Å². The van der Waals surface area contributed by atoms with Crippen molar-refractivity contribution in [2.45, 2.75) is 43.2 Å². The molecule has 1 atom stereocenters. The molecule has 0 saturated carbocycles. The smallest absolute Gasteiger partial charge is 0.251 e. The fourth-order valence-electron chi connectivity index (χ4n) is 4.79. The molecule has 180 valence electrons. The highest BCUT2D eigenvalue weighted by Gasteiger charge is 2.30. The lowest BCUT2D eigenvalue weighted by Gasteiger charge is -2.33. The third-order valence-corrected chi connectivity index (χ3v) is 9.53. The Morgan fingerprint density at radius 1 is 1.09 bits per heavy atom. The number of furan rings is 1. The van der Waals surface area contributed by atoms with Crippen molar-refractivity contribution in [2.24, 2.45) is 0 Å². The Bertz CT molecular complexity index is 1230. The molecule has 5 rings (SSSR count). The van der Waals surface area contributed by atoms with Gasteiger partial charge in [0.15, 0.2) is 0 Å². The number of carbonyl (C=O) groups is 1. The molecule has 0 spiro atoms. The Morgan fingerprint density at radius 2 is 1.94 bits per heavy atom. The predicted octanol–water partition coefficient (Wildman–Crippen LogP) is 4.05. The number of amides is 1. The van der Waals surface area contributed by atoms with Gasteiger partial charge in [-0.05, 0) is 79.7 Å². The molecule has 1 aromatic carbocycles. The molecule has 1 saturated heterocycles. The summed E-state index contributed by atoms with van der Waals surface area (Å²) in [5.74, 6) is 0.542. The number of thiophene rings is 1. The summed E-state index contributed by atoms with van der Waals surface area (Å²) in [7, 11) is -3.69. The molecule has 3 aromatic rings. The minimum Gasteiger partial charge on any atom is -0.468 e. The maximum Gasteiger partial charge on any atom is 0.251 e. The standard InChI is InChI=1S/C25H29N3O4S2/c29-25(26-17-22(23-8-5-14-32-23)27-11-2-1-3-12-27)19-6-4-7-21(16-19)34(30,31)28-13-9-24-20(18-28)10-15-33-24/h4-8,10,14-16,22H,1-3,9,11-13,17-18H2,(H,26,29). The molecule has 2 aromatic heterocycles. The molecule has 7 nitrogen and oxygen atoms in total. The minimum absolute atomic E-state index is 0.0423. The summed E-state index contributed by atoms with van der Waals surface area (Å²) in [5.41, 5.74) is 1.40. The number of hydrogen-bond acceptors (Lipinski definition) is 6. The fourth-order valence-corrected chi connectivity index (χ4v) is 7.14. The summed E-state index contributed by atoms with van der Waals surface area (Å²) >= 11 is 1.67. The quantitative estimate of drug-likeness (QED) is 0.530. The molecule has 34 heavy (non-hydrogen) atoms. The van der Waals surface area contributed by atoms with Crippen LogP contribution in [0.25, 0.3) is 0 Å². The van der Waals surface area contributed by atoms with Crippen LogP contribution in [0, 0.1) is 0 Å². The van der Waals surface area contributed by atoms with Gasteiger partial charge in [-0.15, -0.1) is 11.3 Å². The molecular formula is C25H29N3O4S2. The van der Waals surface area contributed by atoms with Gasteiger partial charge in [0.05, 0.1) is 17.2 Å². The van der Waals surface area contributed by atoms with E-state index in [-0.39, 0.29) is 16.8 Å². The van der Waals surface area contributed by atoms with Crippen molar-refractivity contribution >= 4 is 27.3 Å². The number of likely N-dealkylation sites (tertiary alicyclic amines) is 1. The van der Waals surface area contributed by atoms with E-state index in [0.717, 1.165) is 43.7 Å². The first-order chi connectivity index (χ1) is 16.5. The van der Waals surface area contributed by atoms with Crippen LogP contribution < -0.4 is 5.32 Å². The summed E-state index contributed by atoms with van der Waals surface area (Å²) in [6.07, 6.45) is 5.86. The van der Waals surface area contributed by atoms with Gasteiger partial charge in [-0.1, -0.05) is 12.5 Å². The lowest BCUT2D eigenvalue weighted by Crippen LogP contribution is -2.40. The van der Waals surface area contributed by atoms with Gasteiger partial charge in [0.25, 0.3) is 5.91 Å². The SMILES string of the molecule is O=C(NCC(c1ccco1)N1CCCCC1)c1cccc(S(=O)(=O)N2CCc3sccc3C2)c1. The van der Waals surface area contributed by atoms with Crippen molar-refractivity contribution in [2.75, 3.05) is 26.2 Å². The molecule has 0 bridgehead atoms. The monoisotopic (exact) mass is 499 g/mol. The average molecular weight is 500 g/mol. The number of benzene rings is 1. The van der Waals surface area contributed by atoms with E-state index in [2.05, 4.69) is 10.2 Å². The summed E-state index contributed by atoms with van der Waals surface area (Å²) in [6, 6.07) is 12.1. The highest BCUT2D eigenvalue weighted by Crippen LogP contribution is 2.29. The first kappa shape index (κ1) is 23.3. The Morgan fingerprint density at radius 3 is 2.74 bits per heavy atom. The molecule has 2 aliphatic rings. The van der Waals surface area contributed by atoms with Crippen LogP contribution in [0.15, 0.2) is 63.4 Å².